The Morgan fingerprint density at radius 2 is 1.08 bits per heavy atom. The Bertz CT molecular complexity index is 3430. The summed E-state index contributed by atoms with van der Waals surface area (Å²) in [4.78, 5) is 50.3. The van der Waals surface area contributed by atoms with Gasteiger partial charge in [-0.25, -0.2) is 0 Å². The number of carbonyl (C=O) groups is 3. The third-order valence-corrected chi connectivity index (χ3v) is 20.6. The molecule has 3 amide bonds. The van der Waals surface area contributed by atoms with Gasteiger partial charge in [0.2, 0.25) is 11.8 Å². The van der Waals surface area contributed by atoms with Crippen LogP contribution >= 0.6 is 0 Å². The first kappa shape index (κ1) is 58.9. The number of aryl methyl sites for hydroxylation is 6. The van der Waals surface area contributed by atoms with Crippen molar-refractivity contribution in [1.82, 2.24) is 36.3 Å². The lowest BCUT2D eigenvalue weighted by atomic mass is 9.70. The highest BCUT2D eigenvalue weighted by molar-refractivity contribution is 6.10. The van der Waals surface area contributed by atoms with Crippen molar-refractivity contribution in [2.24, 2.45) is 17.8 Å². The number of nitrogens with zero attached hydrogens (tertiary/aromatic N) is 5. The van der Waals surface area contributed by atoms with Crippen LogP contribution < -0.4 is 31.5 Å². The number of amides is 3. The van der Waals surface area contributed by atoms with E-state index < -0.39 is 22.7 Å². The molecule has 452 valence electrons. The summed E-state index contributed by atoms with van der Waals surface area (Å²) in [5.41, 5.74) is 11.5. The van der Waals surface area contributed by atoms with Crippen molar-refractivity contribution in [3.63, 3.8) is 0 Å². The van der Waals surface area contributed by atoms with E-state index in [4.69, 9.17) is 13.6 Å². The molecule has 17 heteroatoms. The molecule has 0 spiro atoms. The quantitative estimate of drug-likeness (QED) is 0.0419. The largest absolute Gasteiger partial charge is 0.392 e. The zero-order valence-electron chi connectivity index (χ0n) is 51.5. The van der Waals surface area contributed by atoms with Crippen LogP contribution in [0.5, 0.6) is 0 Å². The minimum absolute atomic E-state index is 0.00111. The van der Waals surface area contributed by atoms with Gasteiger partial charge in [0.25, 0.3) is 5.91 Å². The standard InChI is InChI=1S/C68H88N10O7/c1-39(78-58-28-26-48(60-42(4)75-84-45(60)7)35-55(58)68(65(78)82,71-37-40(2)79)53-23-17-12-18-24-53)29-30-69-67(52-21-15-11-16-22-52)56-36-49(61-43(5)76-85-46(61)8)33-50(62(56)73-64(67)81)38-77(9)32-31-70-66(51-19-13-10-14-20-51)54-34-47(25-27-57(54)72-63(66)80)59-41(3)74-83-44(59)6/h25-28,33-36,39-40,51-53,69-71,79H,10-24,29-32,37-38H2,1-9H3,(H,72,80)(H,73,81)/t39?,40-,66?,67?,68?/m1/s1. The van der Waals surface area contributed by atoms with E-state index in [1.807, 2.05) is 52.5 Å². The van der Waals surface area contributed by atoms with E-state index in [9.17, 15) is 9.90 Å². The summed E-state index contributed by atoms with van der Waals surface area (Å²) < 4.78 is 17.1. The Labute approximate surface area is 500 Å². The lowest BCUT2D eigenvalue weighted by Gasteiger charge is -2.41. The second kappa shape index (κ2) is 23.6. The molecule has 3 fully saturated rings. The van der Waals surface area contributed by atoms with E-state index >= 15 is 9.59 Å². The zero-order valence-corrected chi connectivity index (χ0v) is 51.5. The van der Waals surface area contributed by atoms with E-state index in [1.165, 1.54) is 6.42 Å². The number of aliphatic hydroxyl groups excluding tert-OH is 1. The summed E-state index contributed by atoms with van der Waals surface area (Å²) in [6.45, 7) is 18.0. The van der Waals surface area contributed by atoms with Crippen LogP contribution in [0, 0.1) is 59.3 Å². The Balaban J connectivity index is 0.855. The highest BCUT2D eigenvalue weighted by Gasteiger charge is 2.58. The minimum atomic E-state index is -1.06. The molecule has 6 N–H and O–H groups in total. The van der Waals surface area contributed by atoms with Gasteiger partial charge in [-0.1, -0.05) is 85.4 Å². The summed E-state index contributed by atoms with van der Waals surface area (Å²) in [7, 11) is 2.12. The predicted octanol–water partition coefficient (Wildman–Crippen LogP) is 11.8. The first-order valence-electron chi connectivity index (χ1n) is 31.8. The van der Waals surface area contributed by atoms with Gasteiger partial charge in [0.15, 0.2) is 0 Å². The lowest BCUT2D eigenvalue weighted by Crippen LogP contribution is -2.59. The van der Waals surface area contributed by atoms with Crippen molar-refractivity contribution in [2.45, 2.75) is 193 Å². The van der Waals surface area contributed by atoms with Crippen LogP contribution in [0.3, 0.4) is 0 Å². The summed E-state index contributed by atoms with van der Waals surface area (Å²) in [6.07, 6.45) is 15.2. The Morgan fingerprint density at radius 1 is 0.600 bits per heavy atom. The van der Waals surface area contributed by atoms with E-state index in [2.05, 4.69) is 103 Å². The maximum atomic E-state index is 15.8. The average molecular weight is 1160 g/mol. The summed E-state index contributed by atoms with van der Waals surface area (Å²) in [6, 6.07) is 16.8. The number of hydrogen-bond donors (Lipinski definition) is 6. The number of hydrogen-bond acceptors (Lipinski definition) is 14. The van der Waals surface area contributed by atoms with Crippen molar-refractivity contribution >= 4 is 34.8 Å². The van der Waals surface area contributed by atoms with Crippen LogP contribution in [0.25, 0.3) is 33.4 Å². The van der Waals surface area contributed by atoms with Crippen molar-refractivity contribution in [3.05, 3.63) is 105 Å². The zero-order chi connectivity index (χ0) is 59.5. The van der Waals surface area contributed by atoms with Gasteiger partial charge in [-0.05, 0) is 190 Å². The summed E-state index contributed by atoms with van der Waals surface area (Å²) in [5, 5.41) is 42.3. The van der Waals surface area contributed by atoms with Gasteiger partial charge in [-0.15, -0.1) is 0 Å². The molecule has 3 aromatic heterocycles. The minimum Gasteiger partial charge on any atom is -0.392 e. The number of fused-ring (bicyclic) bond motifs is 3. The number of rotatable bonds is 20. The normalized spacial score (nSPS) is 23.6. The fourth-order valence-corrected chi connectivity index (χ4v) is 16.5. The second-order valence-corrected chi connectivity index (χ2v) is 26.1. The van der Waals surface area contributed by atoms with Crippen LogP contribution in [-0.4, -0.2) is 88.6 Å². The lowest BCUT2D eigenvalue weighted by molar-refractivity contribution is -0.128. The van der Waals surface area contributed by atoms with E-state index in [0.717, 1.165) is 191 Å². The number of aromatic nitrogens is 3. The Morgan fingerprint density at radius 3 is 1.62 bits per heavy atom. The molecule has 12 rings (SSSR count). The first-order valence-corrected chi connectivity index (χ1v) is 31.8. The monoisotopic (exact) mass is 1160 g/mol. The smallest absolute Gasteiger partial charge is 0.252 e. The molecule has 3 saturated carbocycles. The average Bonchev–Trinajstić information content (AvgIpc) is 2.99. The van der Waals surface area contributed by atoms with Crippen molar-refractivity contribution in [2.75, 3.05) is 48.8 Å². The van der Waals surface area contributed by atoms with E-state index in [0.29, 0.717) is 38.4 Å². The van der Waals surface area contributed by atoms with Crippen LogP contribution in [0.1, 0.15) is 173 Å². The van der Waals surface area contributed by atoms with Gasteiger partial charge in [-0.2, -0.15) is 0 Å². The Hall–Kier alpha value is -6.50. The molecule has 6 aliphatic rings. The number of anilines is 3. The molecule has 6 aromatic rings. The van der Waals surface area contributed by atoms with Gasteiger partial charge in [0.1, 0.15) is 33.9 Å². The van der Waals surface area contributed by atoms with Gasteiger partial charge in [0, 0.05) is 77.0 Å². The number of aliphatic hydroxyl groups is 1. The first-order chi connectivity index (χ1) is 41.0. The third kappa shape index (κ3) is 10.2. The molecule has 6 heterocycles. The highest BCUT2D eigenvalue weighted by Crippen LogP contribution is 2.54. The molecule has 3 aromatic carbocycles. The van der Waals surface area contributed by atoms with Crippen LogP contribution in [-0.2, 0) is 37.5 Å². The van der Waals surface area contributed by atoms with Gasteiger partial charge >= 0.3 is 0 Å². The molecule has 17 nitrogen and oxygen atoms in total. The molecule has 3 aliphatic carbocycles. The van der Waals surface area contributed by atoms with Crippen LogP contribution in [0.4, 0.5) is 17.1 Å². The van der Waals surface area contributed by atoms with Crippen LogP contribution in [0.2, 0.25) is 0 Å². The van der Waals surface area contributed by atoms with Gasteiger partial charge in [0.05, 0.1) is 28.9 Å². The summed E-state index contributed by atoms with van der Waals surface area (Å²) >= 11 is 0. The highest BCUT2D eigenvalue weighted by atomic mass is 16.5. The number of likely N-dealkylation sites (N-methyl/N-ethyl adjacent to an activating group) is 1. The maximum Gasteiger partial charge on any atom is 0.252 e. The Kier molecular flexibility index (Phi) is 16.4. The molecule has 4 unspecified atom stereocenters. The SMILES string of the molecule is Cc1noc(C)c1-c1ccc2c(c1)C(NCCN(C)Cc1cc(-c3c(C)noc3C)cc3c1NC(=O)C3(NCCC(C)N1C(=O)C(NC[C@@H](C)O)(C3CCCCC3)c3cc(-c4c(C)noc4C)ccc31)C1CCCCC1)(C1CCCCC1)C(=O)N2. The molecule has 0 bridgehead atoms. The molecular formula is C68H88N10O7. The van der Waals surface area contributed by atoms with Gasteiger partial charge in [-0.3, -0.25) is 30.3 Å². The van der Waals surface area contributed by atoms with Crippen molar-refractivity contribution in [1.29, 1.82) is 0 Å². The van der Waals surface area contributed by atoms with E-state index in [1.54, 1.807) is 6.92 Å². The number of nitrogens with one attached hydrogen (secondary N) is 5. The molecular weight excluding hydrogens is 1070 g/mol. The number of benzene rings is 3. The van der Waals surface area contributed by atoms with E-state index in [-0.39, 0.29) is 48.1 Å². The second-order valence-electron chi connectivity index (χ2n) is 26.1. The van der Waals surface area contributed by atoms with Crippen molar-refractivity contribution in [3.8, 4) is 33.4 Å². The molecule has 3 aliphatic heterocycles. The fourth-order valence-electron chi connectivity index (χ4n) is 16.5. The molecule has 5 atom stereocenters. The summed E-state index contributed by atoms with van der Waals surface area (Å²) in [5.74, 6) is 2.32. The van der Waals surface area contributed by atoms with Gasteiger partial charge < -0.3 is 39.1 Å². The fraction of sp³-hybridized carbons (Fsp3) is 0.559. The van der Waals surface area contributed by atoms with Crippen LogP contribution in [0.15, 0.2) is 62.1 Å². The molecule has 0 saturated heterocycles. The molecule has 0 radical (unpaired) electrons. The van der Waals surface area contributed by atoms with Crippen molar-refractivity contribution < 1.29 is 33.1 Å². The molecule has 85 heavy (non-hydrogen) atoms. The predicted molar refractivity (Wildman–Crippen MR) is 330 cm³/mol. The third-order valence-electron chi connectivity index (χ3n) is 20.6. The number of carbonyl (C=O) groups excluding carboxylic acids is 3. The maximum absolute atomic E-state index is 15.8. The topological polar surface area (TPSA) is 216 Å².